The van der Waals surface area contributed by atoms with Crippen LogP contribution in [0, 0.1) is 6.92 Å². The van der Waals surface area contributed by atoms with Crippen LogP contribution in [0.2, 0.25) is 0 Å². The van der Waals surface area contributed by atoms with Crippen LogP contribution in [0.15, 0.2) is 64.5 Å². The number of carbonyl (C=O) groups excluding carboxylic acids is 1. The highest BCUT2D eigenvalue weighted by molar-refractivity contribution is 8.00. The van der Waals surface area contributed by atoms with Crippen LogP contribution in [0.1, 0.15) is 18.9 Å². The average molecular weight is 486 g/mol. The largest absolute Gasteiger partial charge is 0.379 e. The first-order valence-corrected chi connectivity index (χ1v) is 13.2. The molecule has 2 aromatic carbocycles. The van der Waals surface area contributed by atoms with Crippen molar-refractivity contribution in [3.05, 3.63) is 60.2 Å². The van der Waals surface area contributed by atoms with Crippen LogP contribution in [0.3, 0.4) is 0 Å². The van der Waals surface area contributed by atoms with E-state index in [-0.39, 0.29) is 16.1 Å². The zero-order valence-corrected chi connectivity index (χ0v) is 20.3. The summed E-state index contributed by atoms with van der Waals surface area (Å²) in [5.74, 6) is -0.0693. The van der Waals surface area contributed by atoms with Crippen molar-refractivity contribution in [3.63, 3.8) is 0 Å². The number of fused-ring (bicyclic) bond motifs is 1. The number of pyridine rings is 1. The Morgan fingerprint density at radius 3 is 2.58 bits per heavy atom. The number of ether oxygens (including phenoxy) is 1. The van der Waals surface area contributed by atoms with Gasteiger partial charge in [-0.25, -0.2) is 13.4 Å². The summed E-state index contributed by atoms with van der Waals surface area (Å²) in [5, 5.41) is 4.18. The lowest BCUT2D eigenvalue weighted by Crippen LogP contribution is -2.40. The minimum atomic E-state index is -3.58. The molecule has 1 aromatic heterocycles. The molecule has 9 heteroatoms. The quantitative estimate of drug-likeness (QED) is 0.508. The average Bonchev–Trinajstić information content (AvgIpc) is 2.83. The Hall–Kier alpha value is -2.46. The molecule has 0 saturated carbocycles. The topological polar surface area (TPSA) is 88.6 Å². The highest BCUT2D eigenvalue weighted by Gasteiger charge is 2.27. The van der Waals surface area contributed by atoms with E-state index in [0.29, 0.717) is 38.2 Å². The summed E-state index contributed by atoms with van der Waals surface area (Å²) in [6.45, 7) is 5.44. The second-order valence-corrected chi connectivity index (χ2v) is 11.0. The van der Waals surface area contributed by atoms with Gasteiger partial charge in [-0.2, -0.15) is 4.31 Å². The molecule has 1 amide bonds. The van der Waals surface area contributed by atoms with E-state index in [0.717, 1.165) is 21.7 Å². The molecule has 1 atom stereocenters. The normalized spacial score (nSPS) is 15.9. The molecule has 3 aromatic rings. The molecule has 7 nitrogen and oxygen atoms in total. The number of carbonyl (C=O) groups is 1. The summed E-state index contributed by atoms with van der Waals surface area (Å²) >= 11 is 1.41. The number of anilines is 1. The number of para-hydroxylation sites is 1. The number of thioether (sulfide) groups is 1. The van der Waals surface area contributed by atoms with Crippen LogP contribution in [0.25, 0.3) is 10.9 Å². The molecule has 0 aliphatic carbocycles. The molecule has 174 valence electrons. The SMILES string of the molecule is CCC(Sc1cc(C)c2cc(S(=O)(=O)N3CCOCC3)ccc2n1)C(=O)Nc1ccccc1. The van der Waals surface area contributed by atoms with Crippen molar-refractivity contribution in [2.75, 3.05) is 31.6 Å². The summed E-state index contributed by atoms with van der Waals surface area (Å²) in [5.41, 5.74) is 2.38. The van der Waals surface area contributed by atoms with Crippen molar-refractivity contribution in [2.45, 2.75) is 35.4 Å². The van der Waals surface area contributed by atoms with Crippen LogP contribution in [0.5, 0.6) is 0 Å². The van der Waals surface area contributed by atoms with Crippen LogP contribution >= 0.6 is 11.8 Å². The van der Waals surface area contributed by atoms with Crippen molar-refractivity contribution in [3.8, 4) is 0 Å². The Morgan fingerprint density at radius 2 is 1.88 bits per heavy atom. The van der Waals surface area contributed by atoms with E-state index in [9.17, 15) is 13.2 Å². The Bertz CT molecular complexity index is 1240. The summed E-state index contributed by atoms with van der Waals surface area (Å²) in [7, 11) is -3.58. The fourth-order valence-corrected chi connectivity index (χ4v) is 6.17. The van der Waals surface area contributed by atoms with Gasteiger partial charge in [-0.05, 0) is 55.3 Å². The van der Waals surface area contributed by atoms with Gasteiger partial charge < -0.3 is 10.1 Å². The van der Waals surface area contributed by atoms with E-state index in [4.69, 9.17) is 9.72 Å². The van der Waals surface area contributed by atoms with Crippen LogP contribution in [0.4, 0.5) is 5.69 Å². The van der Waals surface area contributed by atoms with Gasteiger partial charge in [-0.3, -0.25) is 4.79 Å². The van der Waals surface area contributed by atoms with Gasteiger partial charge >= 0.3 is 0 Å². The molecular weight excluding hydrogens is 458 g/mol. The number of nitrogens with zero attached hydrogens (tertiary/aromatic N) is 2. The Labute approximate surface area is 198 Å². The lowest BCUT2D eigenvalue weighted by molar-refractivity contribution is -0.115. The molecule has 4 rings (SSSR count). The van der Waals surface area contributed by atoms with Gasteiger partial charge in [0.25, 0.3) is 0 Å². The van der Waals surface area contributed by atoms with Crippen LogP contribution in [-0.4, -0.2) is 55.2 Å². The minimum absolute atomic E-state index is 0.0693. The van der Waals surface area contributed by atoms with Gasteiger partial charge in [0.05, 0.1) is 33.9 Å². The first kappa shape index (κ1) is 23.7. The number of amides is 1. The molecule has 0 bridgehead atoms. The third-order valence-corrected chi connectivity index (χ3v) is 8.72. The second-order valence-electron chi connectivity index (χ2n) is 7.84. The van der Waals surface area contributed by atoms with E-state index in [1.807, 2.05) is 50.2 Å². The lowest BCUT2D eigenvalue weighted by atomic mass is 10.1. The van der Waals surface area contributed by atoms with E-state index in [1.165, 1.54) is 16.1 Å². The molecule has 2 heterocycles. The first-order valence-electron chi connectivity index (χ1n) is 10.9. The fourth-order valence-electron chi connectivity index (χ4n) is 3.71. The molecule has 1 aliphatic rings. The first-order chi connectivity index (χ1) is 15.9. The lowest BCUT2D eigenvalue weighted by Gasteiger charge is -2.26. The number of benzene rings is 2. The van der Waals surface area contributed by atoms with E-state index in [1.54, 1.807) is 18.2 Å². The van der Waals surface area contributed by atoms with Gasteiger partial charge in [0, 0.05) is 24.2 Å². The number of aromatic nitrogens is 1. The van der Waals surface area contributed by atoms with E-state index >= 15 is 0 Å². The number of aryl methyl sites for hydroxylation is 1. The number of morpholine rings is 1. The predicted molar refractivity (Wildman–Crippen MR) is 131 cm³/mol. The highest BCUT2D eigenvalue weighted by Crippen LogP contribution is 2.30. The van der Waals surface area contributed by atoms with Crippen LogP contribution in [-0.2, 0) is 19.6 Å². The van der Waals surface area contributed by atoms with Crippen LogP contribution < -0.4 is 5.32 Å². The number of nitrogens with one attached hydrogen (secondary N) is 1. The number of hydrogen-bond donors (Lipinski definition) is 1. The van der Waals surface area contributed by atoms with Crippen molar-refractivity contribution in [2.24, 2.45) is 0 Å². The molecule has 1 N–H and O–H groups in total. The molecule has 1 aliphatic heterocycles. The Morgan fingerprint density at radius 1 is 1.15 bits per heavy atom. The molecular formula is C24H27N3O4S2. The van der Waals surface area contributed by atoms with Gasteiger partial charge in [0.1, 0.15) is 0 Å². The Kier molecular flexibility index (Phi) is 7.33. The zero-order valence-electron chi connectivity index (χ0n) is 18.7. The molecule has 1 fully saturated rings. The van der Waals surface area contributed by atoms with Crippen molar-refractivity contribution in [1.29, 1.82) is 0 Å². The van der Waals surface area contributed by atoms with Gasteiger partial charge in [-0.1, -0.05) is 36.9 Å². The molecule has 1 unspecified atom stereocenters. The Balaban J connectivity index is 1.56. The smallest absolute Gasteiger partial charge is 0.243 e. The molecule has 0 radical (unpaired) electrons. The van der Waals surface area contributed by atoms with E-state index in [2.05, 4.69) is 5.32 Å². The zero-order chi connectivity index (χ0) is 23.4. The standard InChI is InChI=1S/C24H27N3O4S2/c1-3-22(24(28)25-18-7-5-4-6-8-18)32-23-15-17(2)20-16-19(9-10-21(20)26-23)33(29,30)27-11-13-31-14-12-27/h4-10,15-16,22H,3,11-14H2,1-2H3,(H,25,28). The number of sulfonamides is 1. The summed E-state index contributed by atoms with van der Waals surface area (Å²) in [4.78, 5) is 17.7. The maximum absolute atomic E-state index is 13.0. The van der Waals surface area contributed by atoms with Crippen molar-refractivity contribution in [1.82, 2.24) is 9.29 Å². The predicted octanol–water partition coefficient (Wildman–Crippen LogP) is 4.07. The third kappa shape index (κ3) is 5.38. The van der Waals surface area contributed by atoms with Gasteiger partial charge in [0.2, 0.25) is 15.9 Å². The fraction of sp³-hybridized carbons (Fsp3) is 0.333. The minimum Gasteiger partial charge on any atom is -0.379 e. The summed E-state index contributed by atoms with van der Waals surface area (Å²) < 4.78 is 32.8. The summed E-state index contributed by atoms with van der Waals surface area (Å²) in [6.07, 6.45) is 0.652. The van der Waals surface area contributed by atoms with E-state index < -0.39 is 10.0 Å². The highest BCUT2D eigenvalue weighted by atomic mass is 32.2. The second kappa shape index (κ2) is 10.2. The maximum Gasteiger partial charge on any atom is 0.243 e. The summed E-state index contributed by atoms with van der Waals surface area (Å²) in [6, 6.07) is 16.3. The molecule has 0 spiro atoms. The molecule has 1 saturated heterocycles. The monoisotopic (exact) mass is 485 g/mol. The molecule has 33 heavy (non-hydrogen) atoms. The maximum atomic E-state index is 13.0. The van der Waals surface area contributed by atoms with Gasteiger partial charge in [-0.15, -0.1) is 0 Å². The number of hydrogen-bond acceptors (Lipinski definition) is 6. The van der Waals surface area contributed by atoms with Crippen molar-refractivity contribution < 1.29 is 17.9 Å². The van der Waals surface area contributed by atoms with Gasteiger partial charge in [0.15, 0.2) is 0 Å². The number of rotatable bonds is 7. The van der Waals surface area contributed by atoms with Crippen molar-refractivity contribution >= 4 is 44.3 Å². The third-order valence-electron chi connectivity index (χ3n) is 5.54.